The minimum Gasteiger partial charge on any atom is -0.480 e. The molecule has 2 fully saturated rings. The lowest BCUT2D eigenvalue weighted by Gasteiger charge is -2.45. The van der Waals surface area contributed by atoms with Crippen LogP contribution in [0, 0.1) is 5.92 Å². The second kappa shape index (κ2) is 15.3. The number of aromatic nitrogens is 1. The molecule has 2 aliphatic heterocycles. The number of hydrogen-bond donors (Lipinski definition) is 1. The summed E-state index contributed by atoms with van der Waals surface area (Å²) < 4.78 is 25.2. The van der Waals surface area contributed by atoms with Crippen LogP contribution in [-0.4, -0.2) is 57.2 Å². The molecular formula is C32H50N2O6S. The molecule has 0 radical (unpaired) electrons. The van der Waals surface area contributed by atoms with E-state index < -0.39 is 49.7 Å². The average Bonchev–Trinajstić information content (AvgIpc) is 3.08. The van der Waals surface area contributed by atoms with Gasteiger partial charge in [0.05, 0.1) is 16.6 Å². The second-order valence-corrected chi connectivity index (χ2v) is 15.1. The molecule has 8 nitrogen and oxygen atoms in total. The van der Waals surface area contributed by atoms with Crippen LogP contribution in [0.3, 0.4) is 0 Å². The van der Waals surface area contributed by atoms with Crippen molar-refractivity contribution in [1.82, 2.24) is 9.88 Å². The topological polar surface area (TPSA) is 122 Å². The number of carbonyl (C=O) groups is 3. The van der Waals surface area contributed by atoms with Crippen molar-refractivity contribution in [3.63, 3.8) is 0 Å². The van der Waals surface area contributed by atoms with Gasteiger partial charge in [0.25, 0.3) is 0 Å². The van der Waals surface area contributed by atoms with Gasteiger partial charge < -0.3 is 10.0 Å². The zero-order valence-corrected chi connectivity index (χ0v) is 26.0. The maximum Gasteiger partial charge on any atom is 0.328 e. The quantitative estimate of drug-likeness (QED) is 0.137. The Morgan fingerprint density at radius 3 is 1.80 bits per heavy atom. The van der Waals surface area contributed by atoms with Gasteiger partial charge in [0.15, 0.2) is 9.84 Å². The van der Waals surface area contributed by atoms with E-state index in [9.17, 15) is 27.9 Å². The van der Waals surface area contributed by atoms with E-state index in [1.807, 2.05) is 0 Å². The molecule has 4 atom stereocenters. The number of unbranched alkanes of at least 4 members (excludes halogenated alkanes) is 14. The molecular weight excluding hydrogens is 540 g/mol. The third-order valence-corrected chi connectivity index (χ3v) is 12.0. The molecule has 1 N–H and O–H groups in total. The molecule has 1 aromatic heterocycles. The first kappa shape index (κ1) is 33.2. The van der Waals surface area contributed by atoms with E-state index in [0.29, 0.717) is 12.0 Å². The van der Waals surface area contributed by atoms with E-state index in [2.05, 4.69) is 11.9 Å². The van der Waals surface area contributed by atoms with Gasteiger partial charge in [-0.05, 0) is 38.0 Å². The number of Topliss-reactive ketones (excluding diaryl/α,β-unsaturated/α-hetero) is 1. The first-order valence-electron chi connectivity index (χ1n) is 15.8. The number of hydrogen-bond acceptors (Lipinski definition) is 6. The van der Waals surface area contributed by atoms with Gasteiger partial charge in [-0.2, -0.15) is 0 Å². The van der Waals surface area contributed by atoms with Gasteiger partial charge in [0.2, 0.25) is 5.91 Å². The van der Waals surface area contributed by atoms with Gasteiger partial charge >= 0.3 is 5.97 Å². The number of aliphatic carboxylic acids is 1. The number of fused-ring (bicyclic) bond motifs is 1. The average molecular weight is 591 g/mol. The molecule has 2 saturated heterocycles. The van der Waals surface area contributed by atoms with E-state index in [1.54, 1.807) is 12.1 Å². The summed E-state index contributed by atoms with van der Waals surface area (Å²) in [4.78, 5) is 43.8. The van der Waals surface area contributed by atoms with E-state index in [0.717, 1.165) is 24.2 Å². The number of nitrogens with zero attached hydrogens (tertiary/aromatic N) is 2. The number of carboxylic acids is 1. The van der Waals surface area contributed by atoms with Crippen LogP contribution >= 0.6 is 0 Å². The standard InChI is InChI=1S/C32H50N2O6S/c1-4-5-6-7-8-9-10-11-12-13-14-15-16-17-18-19-25(35)26(24-20-22-33-23-21-24)27-29(36)34-28(31(37)38)32(2,3)41(39,40)30(27)34/h20-23,26-28,30H,4-19H2,1-3H3,(H,37,38)/t26-,27+,28-,30+/m0/s1. The summed E-state index contributed by atoms with van der Waals surface area (Å²) in [6, 6.07) is 1.82. The lowest BCUT2D eigenvalue weighted by atomic mass is 9.75. The van der Waals surface area contributed by atoms with Crippen molar-refractivity contribution in [3.8, 4) is 0 Å². The Balaban J connectivity index is 1.46. The number of rotatable bonds is 20. The summed E-state index contributed by atoms with van der Waals surface area (Å²) in [5.41, 5.74) is 0.552. The number of pyridine rings is 1. The predicted molar refractivity (Wildman–Crippen MR) is 160 cm³/mol. The summed E-state index contributed by atoms with van der Waals surface area (Å²) in [6.45, 7) is 4.95. The Labute approximate surface area is 246 Å². The molecule has 1 amide bonds. The van der Waals surface area contributed by atoms with Crippen LogP contribution < -0.4 is 0 Å². The molecule has 230 valence electrons. The minimum atomic E-state index is -4.02. The molecule has 0 aromatic carbocycles. The normalized spacial score (nSPS) is 23.1. The fourth-order valence-electron chi connectivity index (χ4n) is 6.64. The molecule has 3 rings (SSSR count). The zero-order valence-electron chi connectivity index (χ0n) is 25.2. The van der Waals surface area contributed by atoms with Crippen LogP contribution in [0.2, 0.25) is 0 Å². The Morgan fingerprint density at radius 2 is 1.34 bits per heavy atom. The Kier molecular flexibility index (Phi) is 12.4. The molecule has 1 aromatic rings. The highest BCUT2D eigenvalue weighted by molar-refractivity contribution is 7.93. The summed E-state index contributed by atoms with van der Waals surface area (Å²) in [5, 5.41) is 8.43. The van der Waals surface area contributed by atoms with E-state index >= 15 is 0 Å². The number of amides is 1. The van der Waals surface area contributed by atoms with Crippen LogP contribution in [0.15, 0.2) is 24.5 Å². The van der Waals surface area contributed by atoms with Gasteiger partial charge in [-0.1, -0.05) is 96.8 Å². The van der Waals surface area contributed by atoms with Gasteiger partial charge in [-0.25, -0.2) is 13.2 Å². The van der Waals surface area contributed by atoms with Crippen molar-refractivity contribution in [1.29, 1.82) is 0 Å². The monoisotopic (exact) mass is 590 g/mol. The second-order valence-electron chi connectivity index (χ2n) is 12.5. The smallest absolute Gasteiger partial charge is 0.328 e. The Morgan fingerprint density at radius 1 is 0.878 bits per heavy atom. The van der Waals surface area contributed by atoms with Crippen LogP contribution in [0.1, 0.15) is 135 Å². The number of carbonyl (C=O) groups excluding carboxylic acids is 2. The van der Waals surface area contributed by atoms with Crippen molar-refractivity contribution in [2.75, 3.05) is 0 Å². The van der Waals surface area contributed by atoms with E-state index in [4.69, 9.17) is 0 Å². The third kappa shape index (κ3) is 7.57. The fourth-order valence-corrected chi connectivity index (χ4v) is 8.97. The first-order chi connectivity index (χ1) is 19.6. The molecule has 41 heavy (non-hydrogen) atoms. The van der Waals surface area contributed by atoms with Crippen LogP contribution in [0.25, 0.3) is 0 Å². The molecule has 0 aliphatic carbocycles. The summed E-state index contributed by atoms with van der Waals surface area (Å²) in [6.07, 6.45) is 21.6. The molecule has 0 bridgehead atoms. The number of ketones is 1. The Hall–Kier alpha value is -2.29. The van der Waals surface area contributed by atoms with Crippen molar-refractivity contribution < 1.29 is 27.9 Å². The van der Waals surface area contributed by atoms with Crippen LogP contribution in [0.5, 0.6) is 0 Å². The largest absolute Gasteiger partial charge is 0.480 e. The first-order valence-corrected chi connectivity index (χ1v) is 17.3. The summed E-state index contributed by atoms with van der Waals surface area (Å²) >= 11 is 0. The van der Waals surface area contributed by atoms with Gasteiger partial charge in [-0.15, -0.1) is 0 Å². The van der Waals surface area contributed by atoms with Gasteiger partial charge in [-0.3, -0.25) is 14.6 Å². The zero-order chi connectivity index (χ0) is 30.0. The maximum absolute atomic E-state index is 13.5. The number of sulfone groups is 1. The molecule has 0 unspecified atom stereocenters. The summed E-state index contributed by atoms with van der Waals surface area (Å²) in [5.74, 6) is -4.15. The minimum absolute atomic E-state index is 0.171. The van der Waals surface area contributed by atoms with Crippen LogP contribution in [0.4, 0.5) is 0 Å². The molecule has 3 heterocycles. The lowest BCUT2D eigenvalue weighted by Crippen LogP contribution is -2.65. The highest BCUT2D eigenvalue weighted by Crippen LogP contribution is 2.53. The van der Waals surface area contributed by atoms with Crippen molar-refractivity contribution >= 4 is 27.5 Å². The molecule has 2 aliphatic rings. The number of carboxylic acid groups (broad SMARTS) is 1. The Bertz CT molecular complexity index is 1120. The highest BCUT2D eigenvalue weighted by atomic mass is 32.2. The predicted octanol–water partition coefficient (Wildman–Crippen LogP) is 6.44. The van der Waals surface area contributed by atoms with Crippen molar-refractivity contribution in [2.24, 2.45) is 5.92 Å². The SMILES string of the molecule is CCCCCCCCCCCCCCCCCC(=O)[C@H](c1ccncc1)[C@@H]1C(=O)N2[C@@H](C(=O)O)C(C)(C)S(=O)(=O)[C@H]12. The van der Waals surface area contributed by atoms with E-state index in [-0.39, 0.29) is 12.2 Å². The van der Waals surface area contributed by atoms with Gasteiger partial charge in [0, 0.05) is 18.8 Å². The third-order valence-electron chi connectivity index (χ3n) is 9.14. The highest BCUT2D eigenvalue weighted by Gasteiger charge is 2.73. The number of β-lactam (4-membered cyclic amide) rings is 1. The maximum atomic E-state index is 13.5. The van der Waals surface area contributed by atoms with E-state index in [1.165, 1.54) is 96.9 Å². The van der Waals surface area contributed by atoms with Crippen molar-refractivity contribution in [2.45, 2.75) is 146 Å². The molecule has 0 saturated carbocycles. The lowest BCUT2D eigenvalue weighted by molar-refractivity contribution is -0.165. The molecule has 9 heteroatoms. The summed E-state index contributed by atoms with van der Waals surface area (Å²) in [7, 11) is -4.02. The fraction of sp³-hybridized carbons (Fsp3) is 0.750. The van der Waals surface area contributed by atoms with Crippen LogP contribution in [-0.2, 0) is 24.2 Å². The van der Waals surface area contributed by atoms with Gasteiger partial charge in [0.1, 0.15) is 17.2 Å². The van der Waals surface area contributed by atoms with Crippen molar-refractivity contribution in [3.05, 3.63) is 30.1 Å². The molecule has 0 spiro atoms.